The smallest absolute Gasteiger partial charge is 0.323 e. The van der Waals surface area contributed by atoms with Crippen molar-refractivity contribution >= 4 is 5.97 Å². The lowest BCUT2D eigenvalue weighted by molar-refractivity contribution is -0.154. The molecule has 4 nitrogen and oxygen atoms in total. The Morgan fingerprint density at radius 3 is 2.39 bits per heavy atom. The molecule has 1 aromatic rings. The highest BCUT2D eigenvalue weighted by Gasteiger charge is 2.22. The molecule has 0 spiro atoms. The third-order valence-corrected chi connectivity index (χ3v) is 2.63. The molecule has 0 fully saturated rings. The fourth-order valence-corrected chi connectivity index (χ4v) is 1.56. The first-order chi connectivity index (χ1) is 8.54. The number of benzene rings is 1. The lowest BCUT2D eigenvalue weighted by atomic mass is 10.1. The van der Waals surface area contributed by atoms with Crippen LogP contribution in [0.5, 0.6) is 5.75 Å². The number of nitrogens with two attached hydrogens (primary N) is 1. The van der Waals surface area contributed by atoms with E-state index in [1.54, 1.807) is 6.92 Å². The van der Waals surface area contributed by atoms with Gasteiger partial charge in [-0.2, -0.15) is 0 Å². The molecule has 2 N–H and O–H groups in total. The molecule has 0 unspecified atom stereocenters. The lowest BCUT2D eigenvalue weighted by Gasteiger charge is -2.24. The second kappa shape index (κ2) is 7.01. The van der Waals surface area contributed by atoms with Gasteiger partial charge >= 0.3 is 5.97 Å². The van der Waals surface area contributed by atoms with Crippen LogP contribution in [0.3, 0.4) is 0 Å². The van der Waals surface area contributed by atoms with Crippen LogP contribution >= 0.6 is 0 Å². The maximum absolute atomic E-state index is 11.5. The molecule has 0 saturated carbocycles. The Kier molecular flexibility index (Phi) is 5.65. The summed E-state index contributed by atoms with van der Waals surface area (Å²) in [6.45, 7) is 5.44. The molecule has 4 heteroatoms. The predicted octanol–water partition coefficient (Wildman–Crippen LogP) is 2.12. The number of hydrogen-bond donors (Lipinski definition) is 1. The molecule has 100 valence electrons. The molecule has 0 radical (unpaired) electrons. The van der Waals surface area contributed by atoms with Crippen LogP contribution in [0.25, 0.3) is 0 Å². The molecular formula is C14H21NO3. The van der Waals surface area contributed by atoms with Crippen LogP contribution in [0.1, 0.15) is 27.2 Å². The van der Waals surface area contributed by atoms with Crippen molar-refractivity contribution in [3.05, 3.63) is 30.3 Å². The molecule has 0 amide bonds. The van der Waals surface area contributed by atoms with Gasteiger partial charge in [0.1, 0.15) is 24.0 Å². The number of hydrogen-bond acceptors (Lipinski definition) is 4. The molecule has 1 aromatic carbocycles. The van der Waals surface area contributed by atoms with Crippen LogP contribution < -0.4 is 10.5 Å². The third kappa shape index (κ3) is 4.37. The van der Waals surface area contributed by atoms with Crippen LogP contribution in [-0.2, 0) is 9.53 Å². The highest BCUT2D eigenvalue weighted by atomic mass is 16.6. The van der Waals surface area contributed by atoms with E-state index in [1.165, 1.54) is 0 Å². The Balaban J connectivity index is 2.57. The van der Waals surface area contributed by atoms with E-state index in [9.17, 15) is 4.79 Å². The van der Waals surface area contributed by atoms with Gasteiger partial charge in [-0.1, -0.05) is 25.1 Å². The first kappa shape index (κ1) is 14.5. The molecule has 0 aromatic heterocycles. The van der Waals surface area contributed by atoms with Crippen LogP contribution in [0, 0.1) is 0 Å². The Morgan fingerprint density at radius 2 is 1.89 bits per heavy atom. The zero-order valence-corrected chi connectivity index (χ0v) is 11.1. The van der Waals surface area contributed by atoms with Gasteiger partial charge in [-0.15, -0.1) is 0 Å². The van der Waals surface area contributed by atoms with Crippen molar-refractivity contribution in [3.8, 4) is 5.75 Å². The maximum atomic E-state index is 11.5. The second-order valence-electron chi connectivity index (χ2n) is 4.31. The topological polar surface area (TPSA) is 61.5 Å². The molecule has 0 aliphatic carbocycles. The largest absolute Gasteiger partial charge is 0.487 e. The minimum atomic E-state index is -0.608. The Hall–Kier alpha value is -1.55. The number of rotatable bonds is 6. The molecule has 0 aliphatic heterocycles. The van der Waals surface area contributed by atoms with Gasteiger partial charge in [0, 0.05) is 0 Å². The van der Waals surface area contributed by atoms with Crippen LogP contribution in [0.4, 0.5) is 0 Å². The number of ether oxygens (including phenoxy) is 2. The predicted molar refractivity (Wildman–Crippen MR) is 70.4 cm³/mol. The average Bonchev–Trinajstić information content (AvgIpc) is 2.36. The summed E-state index contributed by atoms with van der Waals surface area (Å²) in [5.41, 5.74) is 5.48. The standard InChI is InChI=1S/C14H21NO3/c1-4-13(18-14(16)10(2)15)11(3)17-12-8-6-5-7-9-12/h5-11,13H,4,15H2,1-3H3/t10-,11+,13-/m0/s1. The van der Waals surface area contributed by atoms with E-state index >= 15 is 0 Å². The highest BCUT2D eigenvalue weighted by molar-refractivity contribution is 5.75. The van der Waals surface area contributed by atoms with E-state index < -0.39 is 12.0 Å². The van der Waals surface area contributed by atoms with Crippen molar-refractivity contribution in [2.45, 2.75) is 45.4 Å². The summed E-state index contributed by atoms with van der Waals surface area (Å²) in [6.07, 6.45) is 0.190. The van der Waals surface area contributed by atoms with E-state index in [0.29, 0.717) is 6.42 Å². The van der Waals surface area contributed by atoms with Gasteiger partial charge < -0.3 is 15.2 Å². The van der Waals surface area contributed by atoms with Crippen molar-refractivity contribution < 1.29 is 14.3 Å². The summed E-state index contributed by atoms with van der Waals surface area (Å²) in [5, 5.41) is 0. The summed E-state index contributed by atoms with van der Waals surface area (Å²) in [5.74, 6) is 0.366. The zero-order valence-electron chi connectivity index (χ0n) is 11.1. The van der Waals surface area contributed by atoms with Gasteiger partial charge in [-0.3, -0.25) is 4.79 Å². The minimum Gasteiger partial charge on any atom is -0.487 e. The van der Waals surface area contributed by atoms with E-state index in [4.69, 9.17) is 15.2 Å². The quantitative estimate of drug-likeness (QED) is 0.787. The lowest BCUT2D eigenvalue weighted by Crippen LogP contribution is -2.38. The fourth-order valence-electron chi connectivity index (χ4n) is 1.56. The number of para-hydroxylation sites is 1. The Morgan fingerprint density at radius 1 is 1.28 bits per heavy atom. The minimum absolute atomic E-state index is 0.208. The molecule has 0 saturated heterocycles. The molecule has 18 heavy (non-hydrogen) atoms. The summed E-state index contributed by atoms with van der Waals surface area (Å²) in [4.78, 5) is 11.5. The third-order valence-electron chi connectivity index (χ3n) is 2.63. The van der Waals surface area contributed by atoms with Gasteiger partial charge in [0.15, 0.2) is 0 Å². The van der Waals surface area contributed by atoms with E-state index in [-0.39, 0.29) is 12.2 Å². The zero-order chi connectivity index (χ0) is 13.5. The van der Waals surface area contributed by atoms with Crippen molar-refractivity contribution in [2.24, 2.45) is 5.73 Å². The van der Waals surface area contributed by atoms with Crippen molar-refractivity contribution in [2.75, 3.05) is 0 Å². The Labute approximate surface area is 108 Å². The second-order valence-corrected chi connectivity index (χ2v) is 4.31. The summed E-state index contributed by atoms with van der Waals surface area (Å²) in [7, 11) is 0. The molecule has 3 atom stereocenters. The normalized spacial score (nSPS) is 15.6. The van der Waals surface area contributed by atoms with Crippen molar-refractivity contribution in [3.63, 3.8) is 0 Å². The van der Waals surface area contributed by atoms with Crippen molar-refractivity contribution in [1.29, 1.82) is 0 Å². The molecule has 0 heterocycles. The van der Waals surface area contributed by atoms with E-state index in [2.05, 4.69) is 0 Å². The number of carbonyl (C=O) groups is 1. The SMILES string of the molecule is CC[C@H](OC(=O)[C@H](C)N)[C@@H](C)Oc1ccccc1. The monoisotopic (exact) mass is 251 g/mol. The number of esters is 1. The van der Waals surface area contributed by atoms with Gasteiger partial charge in [0.25, 0.3) is 0 Å². The fraction of sp³-hybridized carbons (Fsp3) is 0.500. The first-order valence-corrected chi connectivity index (χ1v) is 6.22. The highest BCUT2D eigenvalue weighted by Crippen LogP contribution is 2.15. The van der Waals surface area contributed by atoms with Gasteiger partial charge in [-0.05, 0) is 32.4 Å². The summed E-state index contributed by atoms with van der Waals surface area (Å²) in [6, 6.07) is 8.86. The van der Waals surface area contributed by atoms with Crippen LogP contribution in [0.15, 0.2) is 30.3 Å². The van der Waals surface area contributed by atoms with E-state index in [1.807, 2.05) is 44.2 Å². The average molecular weight is 251 g/mol. The van der Waals surface area contributed by atoms with Crippen molar-refractivity contribution in [1.82, 2.24) is 0 Å². The summed E-state index contributed by atoms with van der Waals surface area (Å²) < 4.78 is 11.0. The molecule has 0 aliphatic rings. The van der Waals surface area contributed by atoms with Gasteiger partial charge in [0.05, 0.1) is 0 Å². The first-order valence-electron chi connectivity index (χ1n) is 6.22. The van der Waals surface area contributed by atoms with Gasteiger partial charge in [-0.25, -0.2) is 0 Å². The molecule has 1 rings (SSSR count). The summed E-state index contributed by atoms with van der Waals surface area (Å²) >= 11 is 0. The van der Waals surface area contributed by atoms with Gasteiger partial charge in [0.2, 0.25) is 0 Å². The molecular weight excluding hydrogens is 230 g/mol. The van der Waals surface area contributed by atoms with Crippen LogP contribution in [-0.4, -0.2) is 24.2 Å². The van der Waals surface area contributed by atoms with Crippen LogP contribution in [0.2, 0.25) is 0 Å². The molecule has 0 bridgehead atoms. The Bertz CT molecular complexity index is 365. The number of carbonyl (C=O) groups excluding carboxylic acids is 1. The van der Waals surface area contributed by atoms with E-state index in [0.717, 1.165) is 5.75 Å². The maximum Gasteiger partial charge on any atom is 0.323 e.